The maximum absolute atomic E-state index is 13.5. The van der Waals surface area contributed by atoms with Gasteiger partial charge < -0.3 is 20.7 Å². The third kappa shape index (κ3) is 9.08. The van der Waals surface area contributed by atoms with Crippen LogP contribution in [0.15, 0.2) is 48.1 Å². The van der Waals surface area contributed by atoms with E-state index in [1.165, 1.54) is 6.92 Å². The first kappa shape index (κ1) is 30.6. The number of hydrogen-bond acceptors (Lipinski definition) is 6. The van der Waals surface area contributed by atoms with Crippen molar-refractivity contribution in [2.24, 2.45) is 5.92 Å². The van der Waals surface area contributed by atoms with Crippen molar-refractivity contribution >= 4 is 23.7 Å². The first-order valence-corrected chi connectivity index (χ1v) is 14.1. The Morgan fingerprint density at radius 2 is 1.75 bits per heavy atom. The third-order valence-corrected chi connectivity index (χ3v) is 7.34. The van der Waals surface area contributed by atoms with Crippen molar-refractivity contribution in [3.8, 4) is 6.07 Å². The van der Waals surface area contributed by atoms with Crippen molar-refractivity contribution in [1.29, 1.82) is 5.26 Å². The Morgan fingerprint density at radius 1 is 1.00 bits per heavy atom. The van der Waals surface area contributed by atoms with E-state index in [9.17, 15) is 19.2 Å². The highest BCUT2D eigenvalue weighted by Gasteiger charge is 2.33. The number of allylic oxidation sites excluding steroid dienone is 3. The lowest BCUT2D eigenvalue weighted by Crippen LogP contribution is -2.54. The zero-order valence-corrected chi connectivity index (χ0v) is 23.6. The van der Waals surface area contributed by atoms with E-state index in [-0.39, 0.29) is 18.8 Å². The minimum absolute atomic E-state index is 0.0949. The molecule has 0 bridgehead atoms. The van der Waals surface area contributed by atoms with Crippen LogP contribution in [0.3, 0.4) is 0 Å². The van der Waals surface area contributed by atoms with Crippen molar-refractivity contribution in [3.05, 3.63) is 59.2 Å². The molecule has 1 aromatic rings. The molecule has 0 saturated carbocycles. The molecule has 1 saturated heterocycles. The van der Waals surface area contributed by atoms with Gasteiger partial charge in [-0.05, 0) is 55.4 Å². The van der Waals surface area contributed by atoms with Gasteiger partial charge in [0, 0.05) is 12.8 Å². The molecule has 214 valence electrons. The van der Waals surface area contributed by atoms with E-state index in [1.54, 1.807) is 24.3 Å². The van der Waals surface area contributed by atoms with E-state index in [0.29, 0.717) is 12.0 Å². The first-order chi connectivity index (χ1) is 19.2. The average Bonchev–Trinajstić information content (AvgIpc) is 2.95. The molecule has 40 heavy (non-hydrogen) atoms. The van der Waals surface area contributed by atoms with Crippen LogP contribution in [-0.2, 0) is 30.3 Å². The minimum Gasteiger partial charge on any atom is -0.460 e. The van der Waals surface area contributed by atoms with Crippen LogP contribution in [0, 0.1) is 17.2 Å². The Bertz CT molecular complexity index is 1170. The standard InChI is InChI=1S/C31H40N4O5/c1-4-5-9-20(2)27-18-28(36)34-25(16-22-10-7-6-8-11-22)30(38)33-21(3)29(37)35-26(31(39)40-27)17-23-12-14-24(19-32)15-13-23/h7,10-15,20-21,25-27H,4-6,8-9,16-18H2,1-3H3,(H,33,38)(H,34,36)(H,35,37)/t20-,21-,25-,26-,27-/m0/s1. The summed E-state index contributed by atoms with van der Waals surface area (Å²) in [6, 6.07) is 5.90. The highest BCUT2D eigenvalue weighted by molar-refractivity contribution is 5.94. The van der Waals surface area contributed by atoms with Crippen LogP contribution < -0.4 is 16.0 Å². The summed E-state index contributed by atoms with van der Waals surface area (Å²) < 4.78 is 5.92. The molecular formula is C31H40N4O5. The molecule has 1 fully saturated rings. The van der Waals surface area contributed by atoms with Crippen molar-refractivity contribution in [3.63, 3.8) is 0 Å². The second-order valence-corrected chi connectivity index (χ2v) is 10.7. The van der Waals surface area contributed by atoms with Crippen LogP contribution in [0.4, 0.5) is 0 Å². The summed E-state index contributed by atoms with van der Waals surface area (Å²) >= 11 is 0. The number of nitrogens with zero attached hydrogens (tertiary/aromatic N) is 1. The van der Waals surface area contributed by atoms with Crippen molar-refractivity contribution < 1.29 is 23.9 Å². The molecule has 9 nitrogen and oxygen atoms in total. The number of rotatable bonds is 8. The molecule has 9 heteroatoms. The zero-order valence-electron chi connectivity index (χ0n) is 23.6. The number of carbonyl (C=O) groups is 4. The lowest BCUT2D eigenvalue weighted by atomic mass is 9.94. The molecule has 3 rings (SSSR count). The topological polar surface area (TPSA) is 137 Å². The maximum atomic E-state index is 13.5. The Hall–Kier alpha value is -3.93. The molecule has 3 amide bonds. The largest absolute Gasteiger partial charge is 0.460 e. The first-order valence-electron chi connectivity index (χ1n) is 14.1. The second-order valence-electron chi connectivity index (χ2n) is 10.7. The van der Waals surface area contributed by atoms with Gasteiger partial charge >= 0.3 is 5.97 Å². The lowest BCUT2D eigenvalue weighted by molar-refractivity contribution is -0.157. The van der Waals surface area contributed by atoms with Gasteiger partial charge in [0.1, 0.15) is 24.2 Å². The van der Waals surface area contributed by atoms with Crippen LogP contribution in [0.2, 0.25) is 0 Å². The molecule has 1 aliphatic heterocycles. The van der Waals surface area contributed by atoms with Gasteiger partial charge in [-0.25, -0.2) is 4.79 Å². The van der Waals surface area contributed by atoms with Gasteiger partial charge in [0.05, 0.1) is 18.1 Å². The van der Waals surface area contributed by atoms with Crippen LogP contribution >= 0.6 is 0 Å². The molecule has 2 aliphatic rings. The molecule has 0 unspecified atom stereocenters. The number of carbonyl (C=O) groups excluding carboxylic acids is 4. The van der Waals surface area contributed by atoms with Crippen molar-refractivity contribution in [1.82, 2.24) is 16.0 Å². The molecule has 0 aromatic heterocycles. The normalized spacial score (nSPS) is 25.0. The fraction of sp³-hybridized carbons (Fsp3) is 0.516. The Morgan fingerprint density at radius 3 is 2.40 bits per heavy atom. The summed E-state index contributed by atoms with van der Waals surface area (Å²) in [5.74, 6) is -2.16. The number of nitrogens with one attached hydrogen (secondary N) is 3. The van der Waals surface area contributed by atoms with Gasteiger partial charge in [0.2, 0.25) is 17.7 Å². The average molecular weight is 549 g/mol. The van der Waals surface area contributed by atoms with Gasteiger partial charge in [-0.3, -0.25) is 14.4 Å². The van der Waals surface area contributed by atoms with E-state index >= 15 is 0 Å². The Balaban J connectivity index is 1.90. The number of hydrogen-bond donors (Lipinski definition) is 3. The summed E-state index contributed by atoms with van der Waals surface area (Å²) in [5, 5.41) is 17.4. The Labute approximate surface area is 236 Å². The molecule has 5 atom stereocenters. The number of benzene rings is 1. The van der Waals surface area contributed by atoms with Crippen molar-refractivity contribution in [2.45, 2.75) is 96.4 Å². The quantitative estimate of drug-likeness (QED) is 0.426. The molecule has 1 aromatic carbocycles. The number of amides is 3. The smallest absolute Gasteiger partial charge is 0.329 e. The number of nitriles is 1. The van der Waals surface area contributed by atoms with Gasteiger partial charge in [-0.2, -0.15) is 5.26 Å². The molecule has 1 aliphatic carbocycles. The minimum atomic E-state index is -1.04. The van der Waals surface area contributed by atoms with E-state index in [1.807, 2.05) is 25.2 Å². The second kappa shape index (κ2) is 15.0. The van der Waals surface area contributed by atoms with Gasteiger partial charge in [0.15, 0.2) is 0 Å². The molecule has 0 spiro atoms. The number of esters is 1. The van der Waals surface area contributed by atoms with E-state index < -0.39 is 47.9 Å². The van der Waals surface area contributed by atoms with E-state index in [4.69, 9.17) is 10.00 Å². The highest BCUT2D eigenvalue weighted by atomic mass is 16.5. The molecule has 0 radical (unpaired) electrons. The fourth-order valence-electron chi connectivity index (χ4n) is 4.82. The van der Waals surface area contributed by atoms with Crippen LogP contribution in [0.5, 0.6) is 0 Å². The molecular weight excluding hydrogens is 508 g/mol. The number of unbranched alkanes of at least 4 members (excludes halogenated alkanes) is 1. The summed E-state index contributed by atoms with van der Waals surface area (Å²) in [7, 11) is 0. The Kier molecular flexibility index (Phi) is 11.5. The number of cyclic esters (lactones) is 1. The maximum Gasteiger partial charge on any atom is 0.329 e. The van der Waals surface area contributed by atoms with Crippen LogP contribution in [0.1, 0.15) is 76.8 Å². The van der Waals surface area contributed by atoms with Crippen LogP contribution in [-0.4, -0.2) is 47.9 Å². The van der Waals surface area contributed by atoms with E-state index in [0.717, 1.165) is 43.2 Å². The monoisotopic (exact) mass is 548 g/mol. The van der Waals surface area contributed by atoms with Crippen molar-refractivity contribution in [2.75, 3.05) is 0 Å². The van der Waals surface area contributed by atoms with E-state index in [2.05, 4.69) is 28.9 Å². The molecule has 1 heterocycles. The summed E-state index contributed by atoms with van der Waals surface area (Å²) in [5.41, 5.74) is 2.14. The summed E-state index contributed by atoms with van der Waals surface area (Å²) in [4.78, 5) is 53.1. The van der Waals surface area contributed by atoms with Gasteiger partial charge in [-0.15, -0.1) is 0 Å². The summed E-state index contributed by atoms with van der Waals surface area (Å²) in [6.07, 6.45) is 10.0. The van der Waals surface area contributed by atoms with Crippen LogP contribution in [0.25, 0.3) is 0 Å². The van der Waals surface area contributed by atoms with Gasteiger partial charge in [-0.1, -0.05) is 57.0 Å². The summed E-state index contributed by atoms with van der Waals surface area (Å²) in [6.45, 7) is 5.54. The predicted molar refractivity (Wildman–Crippen MR) is 151 cm³/mol. The predicted octanol–water partition coefficient (Wildman–Crippen LogP) is 3.38. The molecule has 3 N–H and O–H groups in total. The lowest BCUT2D eigenvalue weighted by Gasteiger charge is -2.27. The highest BCUT2D eigenvalue weighted by Crippen LogP contribution is 2.21. The number of ether oxygens (including phenoxy) is 1. The zero-order chi connectivity index (χ0) is 29.1. The third-order valence-electron chi connectivity index (χ3n) is 7.34. The SMILES string of the molecule is CCCC[C@H](C)[C@@H]1CC(=O)N[C@@H](CC2=CCCC=C2)C(=O)N[C@@H](C)C(=O)N[C@@H](Cc2ccc(C#N)cc2)C(=O)O1. The fourth-order valence-corrected chi connectivity index (χ4v) is 4.82. The van der Waals surface area contributed by atoms with Gasteiger partial charge in [0.25, 0.3) is 0 Å².